The van der Waals surface area contributed by atoms with Crippen LogP contribution in [-0.4, -0.2) is 32.9 Å². The summed E-state index contributed by atoms with van der Waals surface area (Å²) in [5.74, 6) is -2.03. The lowest BCUT2D eigenvalue weighted by atomic mass is 10.2. The molecule has 0 aliphatic carbocycles. The molecule has 1 amide bonds. The minimum absolute atomic E-state index is 0.0885. The van der Waals surface area contributed by atoms with Crippen LogP contribution in [0.2, 0.25) is 0 Å². The SMILES string of the molecule is Cc1nn(CC(=O)N2CC(C)Oc3cc(F)c(F)cc32)c(=O)n1C. The lowest BCUT2D eigenvalue weighted by Gasteiger charge is -2.33. The predicted molar refractivity (Wildman–Crippen MR) is 81.0 cm³/mol. The first-order valence-corrected chi connectivity index (χ1v) is 7.34. The van der Waals surface area contributed by atoms with Crippen molar-refractivity contribution in [2.75, 3.05) is 11.4 Å². The van der Waals surface area contributed by atoms with Gasteiger partial charge in [-0.3, -0.25) is 9.36 Å². The van der Waals surface area contributed by atoms with Crippen molar-refractivity contribution in [2.24, 2.45) is 7.05 Å². The molecule has 3 rings (SSSR count). The van der Waals surface area contributed by atoms with Crippen molar-refractivity contribution in [2.45, 2.75) is 26.5 Å². The molecule has 1 atom stereocenters. The Balaban J connectivity index is 1.94. The molecule has 1 aliphatic heterocycles. The van der Waals surface area contributed by atoms with Crippen LogP contribution in [0.4, 0.5) is 14.5 Å². The summed E-state index contributed by atoms with van der Waals surface area (Å²) >= 11 is 0. The number of benzene rings is 1. The molecule has 9 heteroatoms. The van der Waals surface area contributed by atoms with Gasteiger partial charge < -0.3 is 9.64 Å². The molecule has 0 saturated heterocycles. The molecule has 0 fully saturated rings. The normalized spacial score (nSPS) is 16.7. The third-order valence-electron chi connectivity index (χ3n) is 3.91. The van der Waals surface area contributed by atoms with Crippen LogP contribution in [0, 0.1) is 18.6 Å². The van der Waals surface area contributed by atoms with E-state index >= 15 is 0 Å². The topological polar surface area (TPSA) is 69.4 Å². The number of carbonyl (C=O) groups excluding carboxylic acids is 1. The van der Waals surface area contributed by atoms with Crippen molar-refractivity contribution in [1.29, 1.82) is 0 Å². The second-order valence-electron chi connectivity index (χ2n) is 5.71. The fraction of sp³-hybridized carbons (Fsp3) is 0.400. The fourth-order valence-corrected chi connectivity index (χ4v) is 2.58. The molecular formula is C15H16F2N4O3. The van der Waals surface area contributed by atoms with Crippen LogP contribution in [0.5, 0.6) is 5.75 Å². The zero-order valence-electron chi connectivity index (χ0n) is 13.4. The molecule has 2 heterocycles. The molecule has 0 bridgehead atoms. The highest BCUT2D eigenvalue weighted by Gasteiger charge is 2.30. The zero-order chi connectivity index (χ0) is 17.6. The summed E-state index contributed by atoms with van der Waals surface area (Å²) in [5.41, 5.74) is -0.287. The fourth-order valence-electron chi connectivity index (χ4n) is 2.58. The highest BCUT2D eigenvalue weighted by atomic mass is 19.2. The highest BCUT2D eigenvalue weighted by Crippen LogP contribution is 2.35. The summed E-state index contributed by atoms with van der Waals surface area (Å²) in [6.07, 6.45) is -0.395. The lowest BCUT2D eigenvalue weighted by molar-refractivity contribution is -0.119. The van der Waals surface area contributed by atoms with Gasteiger partial charge in [0.25, 0.3) is 0 Å². The van der Waals surface area contributed by atoms with Gasteiger partial charge >= 0.3 is 5.69 Å². The van der Waals surface area contributed by atoms with E-state index in [2.05, 4.69) is 5.10 Å². The average Bonchev–Trinajstić information content (AvgIpc) is 2.75. The molecule has 2 aromatic rings. The van der Waals surface area contributed by atoms with Crippen molar-refractivity contribution >= 4 is 11.6 Å². The van der Waals surface area contributed by atoms with Crippen LogP contribution in [0.25, 0.3) is 0 Å². The molecule has 0 spiro atoms. The number of nitrogens with zero attached hydrogens (tertiary/aromatic N) is 4. The molecule has 1 aromatic carbocycles. The maximum absolute atomic E-state index is 13.5. The Kier molecular flexibility index (Phi) is 3.86. The number of rotatable bonds is 2. The third-order valence-corrected chi connectivity index (χ3v) is 3.91. The van der Waals surface area contributed by atoms with E-state index in [0.29, 0.717) is 5.82 Å². The third kappa shape index (κ3) is 2.66. The van der Waals surface area contributed by atoms with E-state index in [1.165, 1.54) is 9.47 Å². The van der Waals surface area contributed by atoms with Gasteiger partial charge in [0, 0.05) is 19.2 Å². The number of ether oxygens (including phenoxy) is 1. The van der Waals surface area contributed by atoms with Gasteiger partial charge in [0.2, 0.25) is 5.91 Å². The molecule has 128 valence electrons. The molecule has 0 saturated carbocycles. The molecule has 1 unspecified atom stereocenters. The van der Waals surface area contributed by atoms with Crippen molar-refractivity contribution in [3.63, 3.8) is 0 Å². The van der Waals surface area contributed by atoms with E-state index in [9.17, 15) is 18.4 Å². The van der Waals surface area contributed by atoms with E-state index in [1.807, 2.05) is 0 Å². The van der Waals surface area contributed by atoms with Crippen molar-refractivity contribution in [1.82, 2.24) is 14.3 Å². The number of aryl methyl sites for hydroxylation is 1. The summed E-state index contributed by atoms with van der Waals surface area (Å²) in [7, 11) is 1.55. The number of hydrogen-bond donors (Lipinski definition) is 0. The summed E-state index contributed by atoms with van der Waals surface area (Å²) < 4.78 is 34.8. The summed E-state index contributed by atoms with van der Waals surface area (Å²) in [4.78, 5) is 25.8. The first kappa shape index (κ1) is 16.2. The molecule has 0 radical (unpaired) electrons. The van der Waals surface area contributed by atoms with E-state index in [1.54, 1.807) is 20.9 Å². The maximum Gasteiger partial charge on any atom is 0.346 e. The minimum Gasteiger partial charge on any atom is -0.487 e. The van der Waals surface area contributed by atoms with Gasteiger partial charge in [-0.2, -0.15) is 5.10 Å². The minimum atomic E-state index is -1.07. The number of carbonyl (C=O) groups is 1. The number of hydrogen-bond acceptors (Lipinski definition) is 4. The Bertz CT molecular complexity index is 874. The van der Waals surface area contributed by atoms with Crippen LogP contribution in [0.3, 0.4) is 0 Å². The Labute approximate surface area is 136 Å². The first-order chi connectivity index (χ1) is 11.3. The second-order valence-corrected chi connectivity index (χ2v) is 5.71. The quantitative estimate of drug-likeness (QED) is 0.819. The number of halogens is 2. The maximum atomic E-state index is 13.5. The van der Waals surface area contributed by atoms with Crippen LogP contribution >= 0.6 is 0 Å². The van der Waals surface area contributed by atoms with Gasteiger partial charge in [-0.1, -0.05) is 0 Å². The monoisotopic (exact) mass is 338 g/mol. The Morgan fingerprint density at radius 2 is 2.04 bits per heavy atom. The standard InChI is InChI=1S/C15H16F2N4O3/c1-8-6-20(12-4-10(16)11(17)5-13(12)24-8)14(22)7-21-15(23)19(3)9(2)18-21/h4-5,8H,6-7H2,1-3H3. The summed E-state index contributed by atoms with van der Waals surface area (Å²) in [5, 5.41) is 4.01. The Hall–Kier alpha value is -2.71. The summed E-state index contributed by atoms with van der Waals surface area (Å²) in [6.45, 7) is 3.22. The first-order valence-electron chi connectivity index (χ1n) is 7.34. The molecular weight excluding hydrogens is 322 g/mol. The van der Waals surface area contributed by atoms with Crippen LogP contribution in [0.1, 0.15) is 12.7 Å². The van der Waals surface area contributed by atoms with E-state index in [4.69, 9.17) is 4.74 Å². The second kappa shape index (κ2) is 5.73. The van der Waals surface area contributed by atoms with Crippen molar-refractivity contribution in [3.05, 3.63) is 40.1 Å². The predicted octanol–water partition coefficient (Wildman–Crippen LogP) is 0.983. The van der Waals surface area contributed by atoms with E-state index < -0.39 is 29.3 Å². The van der Waals surface area contributed by atoms with Gasteiger partial charge in [-0.15, -0.1) is 0 Å². The Morgan fingerprint density at radius 1 is 1.38 bits per heavy atom. The zero-order valence-corrected chi connectivity index (χ0v) is 13.4. The largest absolute Gasteiger partial charge is 0.487 e. The van der Waals surface area contributed by atoms with Gasteiger partial charge in [0.15, 0.2) is 11.6 Å². The van der Waals surface area contributed by atoms with E-state index in [0.717, 1.165) is 16.8 Å². The molecule has 1 aliphatic rings. The van der Waals surface area contributed by atoms with Gasteiger partial charge in [0.1, 0.15) is 24.2 Å². The van der Waals surface area contributed by atoms with Crippen LogP contribution in [-0.2, 0) is 18.4 Å². The van der Waals surface area contributed by atoms with Gasteiger partial charge in [-0.25, -0.2) is 18.3 Å². The molecule has 24 heavy (non-hydrogen) atoms. The van der Waals surface area contributed by atoms with Gasteiger partial charge in [-0.05, 0) is 13.8 Å². The number of fused-ring (bicyclic) bond motifs is 1. The Morgan fingerprint density at radius 3 is 2.67 bits per heavy atom. The van der Waals surface area contributed by atoms with E-state index in [-0.39, 0.29) is 24.5 Å². The smallest absolute Gasteiger partial charge is 0.346 e. The van der Waals surface area contributed by atoms with Crippen LogP contribution < -0.4 is 15.3 Å². The van der Waals surface area contributed by atoms with Crippen molar-refractivity contribution < 1.29 is 18.3 Å². The van der Waals surface area contributed by atoms with Crippen molar-refractivity contribution in [3.8, 4) is 5.75 Å². The lowest BCUT2D eigenvalue weighted by Crippen LogP contribution is -2.45. The average molecular weight is 338 g/mol. The molecule has 0 N–H and O–H groups in total. The highest BCUT2D eigenvalue weighted by molar-refractivity contribution is 5.95. The van der Waals surface area contributed by atoms with Crippen LogP contribution in [0.15, 0.2) is 16.9 Å². The summed E-state index contributed by atoms with van der Waals surface area (Å²) in [6, 6.07) is 1.83. The number of anilines is 1. The number of amides is 1. The molecule has 7 nitrogen and oxygen atoms in total. The number of aromatic nitrogens is 3. The molecule has 1 aromatic heterocycles. The van der Waals surface area contributed by atoms with Gasteiger partial charge in [0.05, 0.1) is 12.2 Å².